The molecule has 0 bridgehead atoms. The zero-order chi connectivity index (χ0) is 26.8. The first kappa shape index (κ1) is 24.6. The summed E-state index contributed by atoms with van der Waals surface area (Å²) in [5.74, 6) is 2.16. The number of anilines is 2. The Hall–Kier alpha value is -4.77. The van der Waals surface area contributed by atoms with Crippen molar-refractivity contribution in [1.29, 1.82) is 0 Å². The number of imidazole rings is 1. The molecule has 198 valence electrons. The fourth-order valence-electron chi connectivity index (χ4n) is 4.56. The van der Waals surface area contributed by atoms with Crippen molar-refractivity contribution in [2.45, 2.75) is 6.54 Å². The fourth-order valence-corrected chi connectivity index (χ4v) is 4.56. The number of hydrogen-bond donors (Lipinski definition) is 2. The predicted octanol–water partition coefficient (Wildman–Crippen LogP) is 3.28. The van der Waals surface area contributed by atoms with Crippen LogP contribution in [0, 0.1) is 0 Å². The third-order valence-electron chi connectivity index (χ3n) is 6.83. The van der Waals surface area contributed by atoms with E-state index in [0.717, 1.165) is 54.2 Å². The number of ether oxygens (including phenoxy) is 1. The Kier molecular flexibility index (Phi) is 6.64. The lowest BCUT2D eigenvalue weighted by Gasteiger charge is -2.32. The topological polar surface area (TPSA) is 117 Å². The number of fused-ring (bicyclic) bond motifs is 1. The van der Waals surface area contributed by atoms with E-state index in [0.29, 0.717) is 29.7 Å². The molecule has 1 amide bonds. The largest absolute Gasteiger partial charge is 0.497 e. The quantitative estimate of drug-likeness (QED) is 0.334. The lowest BCUT2D eigenvalue weighted by Crippen LogP contribution is -2.45. The normalized spacial score (nSPS) is 14.1. The van der Waals surface area contributed by atoms with E-state index in [1.807, 2.05) is 59.3 Å². The van der Waals surface area contributed by atoms with Crippen LogP contribution in [0.15, 0.2) is 67.0 Å². The molecule has 2 aromatic carbocycles. The number of aromatic nitrogens is 6. The number of nitrogens with one attached hydrogen (secondary N) is 2. The van der Waals surface area contributed by atoms with Gasteiger partial charge in [0.1, 0.15) is 11.4 Å². The zero-order valence-electron chi connectivity index (χ0n) is 21.8. The van der Waals surface area contributed by atoms with Gasteiger partial charge in [-0.25, -0.2) is 15.0 Å². The van der Waals surface area contributed by atoms with E-state index in [1.54, 1.807) is 19.5 Å². The predicted molar refractivity (Wildman–Crippen MR) is 149 cm³/mol. The molecule has 39 heavy (non-hydrogen) atoms. The van der Waals surface area contributed by atoms with E-state index < -0.39 is 0 Å². The van der Waals surface area contributed by atoms with E-state index in [4.69, 9.17) is 14.8 Å². The van der Waals surface area contributed by atoms with Crippen LogP contribution < -0.4 is 15.0 Å². The van der Waals surface area contributed by atoms with Crippen LogP contribution in [-0.4, -0.2) is 80.9 Å². The maximum absolute atomic E-state index is 13.1. The van der Waals surface area contributed by atoms with Crippen molar-refractivity contribution in [3.8, 4) is 17.3 Å². The molecule has 0 saturated carbocycles. The number of likely N-dealkylation sites (N-methyl/N-ethyl adjacent to an activating group) is 1. The summed E-state index contributed by atoms with van der Waals surface area (Å²) in [6, 6.07) is 17.5. The van der Waals surface area contributed by atoms with Crippen LogP contribution in [0.1, 0.15) is 15.9 Å². The Bertz CT molecular complexity index is 1550. The maximum atomic E-state index is 13.1. The summed E-state index contributed by atoms with van der Waals surface area (Å²) in [5, 5.41) is 7.60. The highest BCUT2D eigenvalue weighted by molar-refractivity contribution is 6.03. The number of hydrogen-bond acceptors (Lipinski definition) is 8. The average molecular weight is 524 g/mol. The Morgan fingerprint density at radius 2 is 1.77 bits per heavy atom. The molecule has 1 saturated heterocycles. The molecule has 2 N–H and O–H groups in total. The molecule has 4 heterocycles. The minimum absolute atomic E-state index is 0.329. The number of H-pyrrole nitrogens is 1. The van der Waals surface area contributed by atoms with Crippen LogP contribution in [0.4, 0.5) is 11.8 Å². The molecule has 11 heteroatoms. The highest BCUT2D eigenvalue weighted by atomic mass is 16.5. The number of carbonyl (C=O) groups is 1. The van der Waals surface area contributed by atoms with Gasteiger partial charge in [0.2, 0.25) is 5.95 Å². The minimum atomic E-state index is -0.329. The number of nitrogens with zero attached hydrogens (tertiary/aromatic N) is 7. The number of piperazine rings is 1. The minimum Gasteiger partial charge on any atom is -0.497 e. The van der Waals surface area contributed by atoms with Gasteiger partial charge >= 0.3 is 0 Å². The Balaban J connectivity index is 1.25. The Morgan fingerprint density at radius 3 is 2.49 bits per heavy atom. The summed E-state index contributed by atoms with van der Waals surface area (Å²) in [6.45, 7) is 4.11. The first-order chi connectivity index (χ1) is 19.1. The van der Waals surface area contributed by atoms with Gasteiger partial charge in [-0.15, -0.1) is 0 Å². The van der Waals surface area contributed by atoms with Gasteiger partial charge in [0.05, 0.1) is 30.3 Å². The number of para-hydroxylation sites is 2. The van der Waals surface area contributed by atoms with E-state index in [-0.39, 0.29) is 5.91 Å². The molecule has 0 aliphatic carbocycles. The van der Waals surface area contributed by atoms with Crippen molar-refractivity contribution in [3.63, 3.8) is 0 Å². The van der Waals surface area contributed by atoms with Crippen molar-refractivity contribution in [2.24, 2.45) is 0 Å². The average Bonchev–Trinajstić information content (AvgIpc) is 3.57. The first-order valence-electron chi connectivity index (χ1n) is 12.8. The standard InChI is InChI=1S/C28H29N9O2/c1-35-11-13-36(14-12-35)28-29-16-20(17-30-28)27(38)33-25-15-24(26-31-22-5-3-4-6-23(22)32-26)37(34-25)18-19-7-9-21(39-2)10-8-19/h3-10,15-17H,11-14,18H2,1-2H3,(H,31,32)(H,33,34,38). The molecule has 0 atom stereocenters. The summed E-state index contributed by atoms with van der Waals surface area (Å²) in [7, 11) is 3.74. The first-order valence-corrected chi connectivity index (χ1v) is 12.8. The smallest absolute Gasteiger partial charge is 0.260 e. The van der Waals surface area contributed by atoms with Crippen LogP contribution in [0.25, 0.3) is 22.6 Å². The summed E-state index contributed by atoms with van der Waals surface area (Å²) in [4.78, 5) is 34.5. The van der Waals surface area contributed by atoms with Crippen molar-refractivity contribution in [3.05, 3.63) is 78.1 Å². The molecule has 3 aromatic heterocycles. The summed E-state index contributed by atoms with van der Waals surface area (Å²) >= 11 is 0. The number of benzene rings is 2. The second kappa shape index (κ2) is 10.5. The van der Waals surface area contributed by atoms with Gasteiger partial charge < -0.3 is 24.8 Å². The second-order valence-corrected chi connectivity index (χ2v) is 9.54. The summed E-state index contributed by atoms with van der Waals surface area (Å²) < 4.78 is 7.10. The van der Waals surface area contributed by atoms with E-state index in [2.05, 4.69) is 37.1 Å². The summed E-state index contributed by atoms with van der Waals surface area (Å²) in [5.41, 5.74) is 3.92. The monoisotopic (exact) mass is 523 g/mol. The van der Waals surface area contributed by atoms with Gasteiger partial charge in [-0.1, -0.05) is 24.3 Å². The van der Waals surface area contributed by atoms with Gasteiger partial charge in [-0.05, 0) is 36.9 Å². The molecule has 1 aliphatic rings. The van der Waals surface area contributed by atoms with Crippen LogP contribution >= 0.6 is 0 Å². The van der Waals surface area contributed by atoms with Crippen molar-refractivity contribution in [2.75, 3.05) is 50.6 Å². The van der Waals surface area contributed by atoms with Crippen molar-refractivity contribution < 1.29 is 9.53 Å². The van der Waals surface area contributed by atoms with Gasteiger partial charge in [0.15, 0.2) is 11.6 Å². The fraction of sp³-hybridized carbons (Fsp3) is 0.250. The van der Waals surface area contributed by atoms with Crippen molar-refractivity contribution in [1.82, 2.24) is 34.6 Å². The number of methoxy groups -OCH3 is 1. The molecular formula is C28H29N9O2. The van der Waals surface area contributed by atoms with Gasteiger partial charge in [-0.3, -0.25) is 9.48 Å². The SMILES string of the molecule is COc1ccc(Cn2nc(NC(=O)c3cnc(N4CCN(C)CC4)nc3)cc2-c2nc3ccccc3[nH]2)cc1. The molecule has 0 radical (unpaired) electrons. The lowest BCUT2D eigenvalue weighted by molar-refractivity contribution is 0.102. The van der Waals surface area contributed by atoms with Crippen LogP contribution in [0.3, 0.4) is 0 Å². The Labute approximate surface area is 225 Å². The highest BCUT2D eigenvalue weighted by Crippen LogP contribution is 2.25. The van der Waals surface area contributed by atoms with Crippen LogP contribution in [-0.2, 0) is 6.54 Å². The molecule has 6 rings (SSSR count). The number of aromatic amines is 1. The van der Waals surface area contributed by atoms with Gasteiger partial charge in [-0.2, -0.15) is 5.10 Å². The van der Waals surface area contributed by atoms with Crippen LogP contribution in [0.2, 0.25) is 0 Å². The van der Waals surface area contributed by atoms with Crippen molar-refractivity contribution >= 4 is 28.7 Å². The van der Waals surface area contributed by atoms with Gasteiger partial charge in [0, 0.05) is 44.6 Å². The molecule has 11 nitrogen and oxygen atoms in total. The lowest BCUT2D eigenvalue weighted by atomic mass is 10.2. The zero-order valence-corrected chi connectivity index (χ0v) is 21.8. The second-order valence-electron chi connectivity index (χ2n) is 9.54. The number of carbonyl (C=O) groups excluding carboxylic acids is 1. The molecular weight excluding hydrogens is 494 g/mol. The third-order valence-corrected chi connectivity index (χ3v) is 6.83. The van der Waals surface area contributed by atoms with E-state index >= 15 is 0 Å². The highest BCUT2D eigenvalue weighted by Gasteiger charge is 2.19. The molecule has 0 unspecified atom stereocenters. The van der Waals surface area contributed by atoms with E-state index in [1.165, 1.54) is 0 Å². The number of amides is 1. The Morgan fingerprint density at radius 1 is 1.03 bits per heavy atom. The van der Waals surface area contributed by atoms with Crippen LogP contribution in [0.5, 0.6) is 5.75 Å². The maximum Gasteiger partial charge on any atom is 0.260 e. The molecule has 0 spiro atoms. The summed E-state index contributed by atoms with van der Waals surface area (Å²) in [6.07, 6.45) is 3.12. The van der Waals surface area contributed by atoms with E-state index in [9.17, 15) is 4.79 Å². The molecule has 1 fully saturated rings. The molecule has 5 aromatic rings. The molecule has 1 aliphatic heterocycles. The third kappa shape index (κ3) is 5.30. The number of rotatable bonds is 7. The van der Waals surface area contributed by atoms with Gasteiger partial charge in [0.25, 0.3) is 5.91 Å².